The van der Waals surface area contributed by atoms with Crippen LogP contribution in [0.25, 0.3) is 0 Å². The van der Waals surface area contributed by atoms with E-state index >= 15 is 0 Å². The molecule has 3 amide bonds. The Hall–Kier alpha value is -3.05. The van der Waals surface area contributed by atoms with Gasteiger partial charge in [0, 0.05) is 11.7 Å². The zero-order valence-corrected chi connectivity index (χ0v) is 25.9. The number of carboxylic acid groups (broad SMARTS) is 1. The highest BCUT2D eigenvalue weighted by Crippen LogP contribution is 2.56. The molecule has 14 nitrogen and oxygen atoms in total. The van der Waals surface area contributed by atoms with E-state index in [9.17, 15) is 37.5 Å². The number of amides is 3. The van der Waals surface area contributed by atoms with Crippen molar-refractivity contribution in [3.8, 4) is 0 Å². The number of hydrogen-bond donors (Lipinski definition) is 3. The first-order valence-electron chi connectivity index (χ1n) is 13.7. The van der Waals surface area contributed by atoms with Crippen LogP contribution in [0.5, 0.6) is 0 Å². The van der Waals surface area contributed by atoms with Crippen LogP contribution in [0.3, 0.4) is 0 Å². The van der Waals surface area contributed by atoms with Crippen molar-refractivity contribution in [3.63, 3.8) is 0 Å². The topological polar surface area (TPSA) is 219 Å². The number of ether oxygens (including phenoxy) is 1. The van der Waals surface area contributed by atoms with Gasteiger partial charge in [-0.2, -0.15) is 0 Å². The molecule has 4 saturated heterocycles. The molecule has 0 spiro atoms. The quantitative estimate of drug-likeness (QED) is 0.158. The Morgan fingerprint density at radius 2 is 1.77 bits per heavy atom. The number of fused-ring (bicyclic) bond motifs is 2. The van der Waals surface area contributed by atoms with Gasteiger partial charge in [-0.05, 0) is 33.3 Å². The Kier molecular flexibility index (Phi) is 7.10. The van der Waals surface area contributed by atoms with E-state index < -0.39 is 101 Å². The van der Waals surface area contributed by atoms with Gasteiger partial charge >= 0.3 is 11.9 Å². The number of esters is 1. The molecule has 43 heavy (non-hydrogen) atoms. The molecule has 8 atom stereocenters. The molecule has 1 aromatic carbocycles. The number of nitrogens with one attached hydrogen (secondary N) is 1. The Morgan fingerprint density at radius 3 is 2.30 bits per heavy atom. The number of carbonyl (C=O) groups is 5. The van der Waals surface area contributed by atoms with Crippen LogP contribution in [0, 0.1) is 0 Å². The van der Waals surface area contributed by atoms with E-state index in [4.69, 9.17) is 16.2 Å². The Morgan fingerprint density at radius 1 is 1.16 bits per heavy atom. The standard InChI is InChI=1S/C27H35N5O9S2/c1-13(28)32-15(33)11-16(32)43(39,40)26(4,5)19(32)22(37)41-12-27(30-20(34)17(29)14-9-7-6-8-10-14)23(38)31-18(21(35)36)25(2,3)42-24(27)31/h6-10,13,16-19,24H,11-12,28-29H2,1-5H3,(H-,30,34,35,36)/t13-,16+,17?,18-,19-,24+,27+,32?/m0/s1. The molecule has 5 rings (SSSR count). The smallest absolute Gasteiger partial charge is 0.367 e. The average molecular weight is 638 g/mol. The van der Waals surface area contributed by atoms with Gasteiger partial charge in [-0.25, -0.2) is 22.5 Å². The fourth-order valence-electron chi connectivity index (χ4n) is 7.13. The van der Waals surface area contributed by atoms with Gasteiger partial charge in [0.25, 0.3) is 5.91 Å². The van der Waals surface area contributed by atoms with Crippen LogP contribution in [-0.2, 0) is 38.5 Å². The van der Waals surface area contributed by atoms with Crippen LogP contribution in [0.15, 0.2) is 30.3 Å². The molecule has 0 aliphatic carbocycles. The van der Waals surface area contributed by atoms with E-state index in [2.05, 4.69) is 5.32 Å². The number of β-lactam (4-membered cyclic amide) rings is 2. The molecule has 0 radical (unpaired) electrons. The van der Waals surface area contributed by atoms with Crippen LogP contribution in [-0.4, -0.2) is 98.1 Å². The summed E-state index contributed by atoms with van der Waals surface area (Å²) in [5.41, 5.74) is 10.8. The number of thioether (sulfide) groups is 1. The van der Waals surface area contributed by atoms with E-state index in [1.165, 1.54) is 20.8 Å². The van der Waals surface area contributed by atoms with Crippen molar-refractivity contribution in [1.82, 2.24) is 10.2 Å². The number of nitrogens with two attached hydrogens (primary N) is 2. The van der Waals surface area contributed by atoms with Gasteiger partial charge in [-0.3, -0.25) is 15.3 Å². The average Bonchev–Trinajstić information content (AvgIpc) is 3.25. The van der Waals surface area contributed by atoms with Gasteiger partial charge in [0.1, 0.15) is 35.4 Å². The van der Waals surface area contributed by atoms with E-state index in [0.29, 0.717) is 5.56 Å². The van der Waals surface area contributed by atoms with Crippen molar-refractivity contribution in [2.45, 2.75) is 91.1 Å². The van der Waals surface area contributed by atoms with E-state index in [0.717, 1.165) is 16.7 Å². The first-order valence-corrected chi connectivity index (χ1v) is 16.1. The molecule has 4 heterocycles. The number of sulfone groups is 1. The summed E-state index contributed by atoms with van der Waals surface area (Å²) in [4.78, 5) is 67.1. The van der Waals surface area contributed by atoms with Crippen molar-refractivity contribution >= 4 is 51.3 Å². The van der Waals surface area contributed by atoms with E-state index in [1.807, 2.05) is 0 Å². The highest BCUT2D eigenvalue weighted by Gasteiger charge is 2.82. The van der Waals surface area contributed by atoms with Gasteiger partial charge in [-0.1, -0.05) is 30.3 Å². The monoisotopic (exact) mass is 637 g/mol. The predicted molar refractivity (Wildman–Crippen MR) is 150 cm³/mol. The van der Waals surface area contributed by atoms with Gasteiger partial charge in [-0.15, -0.1) is 11.8 Å². The van der Waals surface area contributed by atoms with E-state index in [1.54, 1.807) is 44.2 Å². The summed E-state index contributed by atoms with van der Waals surface area (Å²) in [6.07, 6.45) is -1.35. The van der Waals surface area contributed by atoms with Crippen molar-refractivity contribution < 1.29 is 46.7 Å². The van der Waals surface area contributed by atoms with Crippen molar-refractivity contribution in [1.29, 1.82) is 0 Å². The number of quaternary nitrogens is 1. The molecular weight excluding hydrogens is 602 g/mol. The second-order valence-electron chi connectivity index (χ2n) is 12.6. The first kappa shape index (κ1) is 31.4. The fraction of sp³-hybridized carbons (Fsp3) is 0.593. The first-order chi connectivity index (χ1) is 19.8. The molecule has 1 aromatic rings. The van der Waals surface area contributed by atoms with E-state index in [-0.39, 0.29) is 6.42 Å². The zero-order chi connectivity index (χ0) is 32.1. The molecule has 4 aliphatic rings. The molecule has 0 aromatic heterocycles. The van der Waals surface area contributed by atoms with Crippen LogP contribution < -0.4 is 21.9 Å². The minimum Gasteiger partial charge on any atom is -0.548 e. The number of hydrogen-bond acceptors (Lipinski definition) is 12. The molecule has 0 bridgehead atoms. The molecule has 5 N–H and O–H groups in total. The third kappa shape index (κ3) is 3.96. The molecule has 4 aliphatic heterocycles. The predicted octanol–water partition coefficient (Wildman–Crippen LogP) is -2.15. The molecule has 4 fully saturated rings. The molecule has 2 unspecified atom stereocenters. The second kappa shape index (κ2) is 9.72. The minimum atomic E-state index is -4.03. The van der Waals surface area contributed by atoms with Crippen LogP contribution in [0.2, 0.25) is 0 Å². The van der Waals surface area contributed by atoms with Crippen LogP contribution >= 0.6 is 11.8 Å². The van der Waals surface area contributed by atoms with Gasteiger partial charge in [0.05, 0.1) is 12.0 Å². The Labute approximate surface area is 252 Å². The largest absolute Gasteiger partial charge is 0.548 e. The maximum Gasteiger partial charge on any atom is 0.367 e. The van der Waals surface area contributed by atoms with Crippen LogP contribution in [0.4, 0.5) is 0 Å². The lowest BCUT2D eigenvalue weighted by Gasteiger charge is -2.54. The van der Waals surface area contributed by atoms with Crippen molar-refractivity contribution in [3.05, 3.63) is 35.9 Å². The molecule has 0 saturated carbocycles. The number of carbonyl (C=O) groups excluding carboxylic acids is 5. The number of nitrogens with zero attached hydrogens (tertiary/aromatic N) is 2. The van der Waals surface area contributed by atoms with Crippen molar-refractivity contribution in [2.75, 3.05) is 6.61 Å². The summed E-state index contributed by atoms with van der Waals surface area (Å²) in [7, 11) is -4.03. The molecular formula is C27H35N5O9S2. The van der Waals surface area contributed by atoms with Gasteiger partial charge in [0.2, 0.25) is 27.2 Å². The number of aliphatic carboxylic acids is 1. The highest BCUT2D eigenvalue weighted by molar-refractivity contribution is 8.01. The second-order valence-corrected chi connectivity index (χ2v) is 17.1. The lowest BCUT2D eigenvalue weighted by Crippen LogP contribution is -2.82. The number of benzene rings is 1. The summed E-state index contributed by atoms with van der Waals surface area (Å²) < 4.78 is 28.9. The normalized spacial score (nSPS) is 35.9. The van der Waals surface area contributed by atoms with Crippen LogP contribution in [0.1, 0.15) is 52.6 Å². The number of rotatable bonds is 8. The SMILES string of the molecule is C[C@@H](N)[N+]12C(=O)C[C@H]1S(=O)(=O)C(C)(C)[C@@H]2C(=O)OC[C@@]1(NC(=O)C(N)c2ccccc2)C(=O)N2[C@@H](C(=O)[O-])C(C)(C)S[C@@H]21. The molecule has 16 heteroatoms. The van der Waals surface area contributed by atoms with Gasteiger partial charge < -0.3 is 30.6 Å². The summed E-state index contributed by atoms with van der Waals surface area (Å²) >= 11 is 1.08. The minimum absolute atomic E-state index is 0.291. The number of carboxylic acids is 1. The lowest BCUT2D eigenvalue weighted by atomic mass is 9.84. The maximum atomic E-state index is 13.8. The maximum absolute atomic E-state index is 13.8. The summed E-state index contributed by atoms with van der Waals surface area (Å²) in [6, 6.07) is 4.20. The zero-order valence-electron chi connectivity index (χ0n) is 24.3. The van der Waals surface area contributed by atoms with Crippen molar-refractivity contribution in [2.24, 2.45) is 11.5 Å². The Balaban J connectivity index is 1.49. The Bertz CT molecular complexity index is 1530. The van der Waals surface area contributed by atoms with Gasteiger partial charge in [0.15, 0.2) is 5.54 Å². The lowest BCUT2D eigenvalue weighted by molar-refractivity contribution is -0.923. The third-order valence-electron chi connectivity index (χ3n) is 9.43. The summed E-state index contributed by atoms with van der Waals surface area (Å²) in [5.74, 6) is -4.73. The fourth-order valence-corrected chi connectivity index (χ4v) is 11.3. The molecule has 234 valence electrons. The third-order valence-corrected chi connectivity index (χ3v) is 14.0. The highest BCUT2D eigenvalue weighted by atomic mass is 32.2. The summed E-state index contributed by atoms with van der Waals surface area (Å²) in [6.45, 7) is 6.54. The summed E-state index contributed by atoms with van der Waals surface area (Å²) in [5, 5.41) is 12.5.